The molecule has 0 aliphatic carbocycles. The van der Waals surface area contributed by atoms with Crippen molar-refractivity contribution in [2.24, 2.45) is 7.05 Å². The number of rotatable bonds is 3. The Labute approximate surface area is 114 Å². The number of hydrogen-bond acceptors (Lipinski definition) is 2. The number of aliphatic hydroxyl groups is 1. The maximum absolute atomic E-state index is 13.6. The Morgan fingerprint density at radius 3 is 2.63 bits per heavy atom. The molecule has 0 amide bonds. The molecular formula is C13H13ClF2N2O. The number of aliphatic hydroxyl groups excluding tert-OH is 1. The van der Waals surface area contributed by atoms with E-state index in [4.69, 9.17) is 11.6 Å². The number of aryl methyl sites for hydroxylation is 2. The first-order valence-corrected chi connectivity index (χ1v) is 6.09. The smallest absolute Gasteiger partial charge is 0.131 e. The van der Waals surface area contributed by atoms with E-state index in [1.807, 2.05) is 0 Å². The van der Waals surface area contributed by atoms with E-state index in [1.165, 1.54) is 6.07 Å². The van der Waals surface area contributed by atoms with Gasteiger partial charge in [0, 0.05) is 25.1 Å². The van der Waals surface area contributed by atoms with E-state index in [-0.39, 0.29) is 12.0 Å². The van der Waals surface area contributed by atoms with Gasteiger partial charge in [0.2, 0.25) is 0 Å². The normalized spacial score (nSPS) is 12.7. The van der Waals surface area contributed by atoms with E-state index in [2.05, 4.69) is 5.10 Å². The average Bonchev–Trinajstić information content (AvgIpc) is 2.56. The number of halogens is 3. The highest BCUT2D eigenvalue weighted by Gasteiger charge is 2.19. The van der Waals surface area contributed by atoms with Crippen molar-refractivity contribution in [3.05, 3.63) is 51.8 Å². The van der Waals surface area contributed by atoms with Gasteiger partial charge < -0.3 is 5.11 Å². The van der Waals surface area contributed by atoms with Gasteiger partial charge in [-0.3, -0.25) is 4.68 Å². The van der Waals surface area contributed by atoms with Gasteiger partial charge in [0.1, 0.15) is 11.6 Å². The Bertz CT molecular complexity index is 613. The zero-order chi connectivity index (χ0) is 14.2. The molecule has 1 unspecified atom stereocenters. The Balaban J connectivity index is 2.28. The molecule has 0 radical (unpaired) electrons. The molecule has 0 aliphatic heterocycles. The van der Waals surface area contributed by atoms with Gasteiger partial charge >= 0.3 is 0 Å². The fraction of sp³-hybridized carbons (Fsp3) is 0.308. The number of benzene rings is 1. The first-order chi connectivity index (χ1) is 8.90. The Morgan fingerprint density at radius 1 is 1.42 bits per heavy atom. The molecule has 0 saturated heterocycles. The standard InChI is InChI=1S/C13H13ClF2N2O/c1-7-13(14)11(18(2)17-7)6-12(19)9-4-3-8(15)5-10(9)16/h3-5,12,19H,6H2,1-2H3. The van der Waals surface area contributed by atoms with Crippen LogP contribution in [0.3, 0.4) is 0 Å². The number of aromatic nitrogens is 2. The van der Waals surface area contributed by atoms with Gasteiger partial charge in [-0.1, -0.05) is 17.7 Å². The van der Waals surface area contributed by atoms with Crippen LogP contribution in [-0.2, 0) is 13.5 Å². The molecule has 0 bridgehead atoms. The van der Waals surface area contributed by atoms with Crippen molar-refractivity contribution in [1.82, 2.24) is 9.78 Å². The van der Waals surface area contributed by atoms with E-state index in [0.717, 1.165) is 12.1 Å². The minimum Gasteiger partial charge on any atom is -0.388 e. The van der Waals surface area contributed by atoms with Crippen LogP contribution in [0.2, 0.25) is 5.02 Å². The summed E-state index contributed by atoms with van der Waals surface area (Å²) in [4.78, 5) is 0. The van der Waals surface area contributed by atoms with Crippen LogP contribution in [-0.4, -0.2) is 14.9 Å². The predicted molar refractivity (Wildman–Crippen MR) is 68.0 cm³/mol. The van der Waals surface area contributed by atoms with Gasteiger partial charge in [-0.25, -0.2) is 8.78 Å². The zero-order valence-electron chi connectivity index (χ0n) is 10.5. The quantitative estimate of drug-likeness (QED) is 0.942. The SMILES string of the molecule is Cc1nn(C)c(CC(O)c2ccc(F)cc2F)c1Cl. The summed E-state index contributed by atoms with van der Waals surface area (Å²) in [5, 5.41) is 14.6. The molecule has 1 heterocycles. The van der Waals surface area contributed by atoms with E-state index in [0.29, 0.717) is 16.4 Å². The van der Waals surface area contributed by atoms with Crippen LogP contribution < -0.4 is 0 Å². The summed E-state index contributed by atoms with van der Waals surface area (Å²) in [6.07, 6.45) is -0.994. The molecule has 1 atom stereocenters. The third kappa shape index (κ3) is 2.77. The van der Waals surface area contributed by atoms with Gasteiger partial charge in [0.05, 0.1) is 22.5 Å². The monoisotopic (exact) mass is 286 g/mol. The average molecular weight is 287 g/mol. The molecule has 0 saturated carbocycles. The molecule has 19 heavy (non-hydrogen) atoms. The highest BCUT2D eigenvalue weighted by Crippen LogP contribution is 2.26. The summed E-state index contributed by atoms with van der Waals surface area (Å²) < 4.78 is 27.9. The number of hydrogen-bond donors (Lipinski definition) is 1. The van der Waals surface area contributed by atoms with Crippen molar-refractivity contribution in [1.29, 1.82) is 0 Å². The van der Waals surface area contributed by atoms with Crippen LogP contribution in [0.15, 0.2) is 18.2 Å². The zero-order valence-corrected chi connectivity index (χ0v) is 11.2. The Kier molecular flexibility index (Phi) is 3.87. The summed E-state index contributed by atoms with van der Waals surface area (Å²) in [6, 6.07) is 3.08. The minimum absolute atomic E-state index is 0.0383. The Hall–Kier alpha value is -1.46. The summed E-state index contributed by atoms with van der Waals surface area (Å²) in [5.41, 5.74) is 1.29. The second-order valence-corrected chi connectivity index (χ2v) is 4.73. The first-order valence-electron chi connectivity index (χ1n) is 5.71. The largest absolute Gasteiger partial charge is 0.388 e. The summed E-state index contributed by atoms with van der Waals surface area (Å²) in [6.45, 7) is 1.75. The van der Waals surface area contributed by atoms with Gasteiger partial charge in [-0.15, -0.1) is 0 Å². The minimum atomic E-state index is -1.10. The third-order valence-corrected chi connectivity index (χ3v) is 3.46. The van der Waals surface area contributed by atoms with E-state index in [9.17, 15) is 13.9 Å². The maximum Gasteiger partial charge on any atom is 0.131 e. The van der Waals surface area contributed by atoms with Crippen molar-refractivity contribution in [3.8, 4) is 0 Å². The molecule has 1 aromatic heterocycles. The maximum atomic E-state index is 13.6. The van der Waals surface area contributed by atoms with Crippen LogP contribution in [0.5, 0.6) is 0 Å². The molecular weight excluding hydrogens is 274 g/mol. The van der Waals surface area contributed by atoms with E-state index < -0.39 is 17.7 Å². The second kappa shape index (κ2) is 5.27. The Morgan fingerprint density at radius 2 is 2.11 bits per heavy atom. The summed E-state index contributed by atoms with van der Waals surface area (Å²) in [7, 11) is 1.70. The van der Waals surface area contributed by atoms with Gasteiger partial charge in [0.25, 0.3) is 0 Å². The molecule has 0 fully saturated rings. The van der Waals surface area contributed by atoms with Gasteiger partial charge in [0.15, 0.2) is 0 Å². The van der Waals surface area contributed by atoms with Crippen LogP contribution in [0.1, 0.15) is 23.1 Å². The van der Waals surface area contributed by atoms with Crippen molar-refractivity contribution in [3.63, 3.8) is 0 Å². The van der Waals surface area contributed by atoms with Crippen LogP contribution in [0, 0.1) is 18.6 Å². The van der Waals surface area contributed by atoms with Crippen molar-refractivity contribution in [2.45, 2.75) is 19.4 Å². The third-order valence-electron chi connectivity index (χ3n) is 2.97. The molecule has 2 rings (SSSR count). The summed E-state index contributed by atoms with van der Waals surface area (Å²) in [5.74, 6) is -1.45. The topological polar surface area (TPSA) is 38.0 Å². The molecule has 3 nitrogen and oxygen atoms in total. The molecule has 102 valence electrons. The van der Waals surface area contributed by atoms with E-state index >= 15 is 0 Å². The van der Waals surface area contributed by atoms with E-state index in [1.54, 1.807) is 18.7 Å². The van der Waals surface area contributed by atoms with Crippen LogP contribution >= 0.6 is 11.6 Å². The summed E-state index contributed by atoms with van der Waals surface area (Å²) >= 11 is 6.06. The molecule has 1 aromatic carbocycles. The van der Waals surface area contributed by atoms with Crippen LogP contribution in [0.25, 0.3) is 0 Å². The highest BCUT2D eigenvalue weighted by molar-refractivity contribution is 6.31. The number of nitrogens with zero attached hydrogens (tertiary/aromatic N) is 2. The molecule has 0 spiro atoms. The molecule has 0 aliphatic rings. The van der Waals surface area contributed by atoms with Crippen molar-refractivity contribution in [2.75, 3.05) is 0 Å². The highest BCUT2D eigenvalue weighted by atomic mass is 35.5. The van der Waals surface area contributed by atoms with Crippen LogP contribution in [0.4, 0.5) is 8.78 Å². The predicted octanol–water partition coefficient (Wildman–Crippen LogP) is 2.94. The fourth-order valence-electron chi connectivity index (χ4n) is 1.97. The first kappa shape index (κ1) is 14.0. The molecule has 6 heteroatoms. The lowest BCUT2D eigenvalue weighted by Gasteiger charge is -2.12. The molecule has 1 N–H and O–H groups in total. The second-order valence-electron chi connectivity index (χ2n) is 4.36. The lowest BCUT2D eigenvalue weighted by atomic mass is 10.0. The lowest BCUT2D eigenvalue weighted by molar-refractivity contribution is 0.171. The van der Waals surface area contributed by atoms with Crippen molar-refractivity contribution >= 4 is 11.6 Å². The molecule has 2 aromatic rings. The lowest BCUT2D eigenvalue weighted by Crippen LogP contribution is -2.08. The van der Waals surface area contributed by atoms with Crippen molar-refractivity contribution < 1.29 is 13.9 Å². The van der Waals surface area contributed by atoms with Gasteiger partial charge in [-0.05, 0) is 13.0 Å². The fourth-order valence-corrected chi connectivity index (χ4v) is 2.20. The van der Waals surface area contributed by atoms with Gasteiger partial charge in [-0.2, -0.15) is 5.10 Å².